The molecule has 98 valence electrons. The number of carboxylic acids is 1. The quantitative estimate of drug-likeness (QED) is 0.863. The van der Waals surface area contributed by atoms with Crippen molar-refractivity contribution in [3.05, 3.63) is 18.0 Å². The maximum Gasteiger partial charge on any atom is 0.356 e. The number of aromatic nitrogens is 2. The van der Waals surface area contributed by atoms with Gasteiger partial charge in [0.1, 0.15) is 6.54 Å². The third-order valence-electron chi connectivity index (χ3n) is 3.17. The number of carbonyl (C=O) groups excluding carboxylic acids is 1. The van der Waals surface area contributed by atoms with Crippen molar-refractivity contribution in [1.82, 2.24) is 14.7 Å². The van der Waals surface area contributed by atoms with Gasteiger partial charge in [-0.15, -0.1) is 0 Å². The zero-order valence-corrected chi connectivity index (χ0v) is 10.4. The van der Waals surface area contributed by atoms with Crippen LogP contribution in [0.1, 0.15) is 30.3 Å². The molecule has 0 aromatic carbocycles. The largest absolute Gasteiger partial charge is 0.476 e. The molecule has 2 heterocycles. The van der Waals surface area contributed by atoms with Crippen LogP contribution in [0.3, 0.4) is 0 Å². The lowest BCUT2D eigenvalue weighted by molar-refractivity contribution is -0.133. The molecule has 0 aliphatic carbocycles. The smallest absolute Gasteiger partial charge is 0.356 e. The molecule has 2 rings (SSSR count). The SMILES string of the molecule is CC1CCCN(C(=O)Cn2ccc(C(=O)O)n2)C1. The predicted molar refractivity (Wildman–Crippen MR) is 64.2 cm³/mol. The van der Waals surface area contributed by atoms with E-state index < -0.39 is 5.97 Å². The summed E-state index contributed by atoms with van der Waals surface area (Å²) in [4.78, 5) is 24.5. The first-order valence-corrected chi connectivity index (χ1v) is 6.11. The summed E-state index contributed by atoms with van der Waals surface area (Å²) < 4.78 is 1.38. The maximum absolute atomic E-state index is 12.0. The molecular weight excluding hydrogens is 234 g/mol. The molecule has 1 unspecified atom stereocenters. The van der Waals surface area contributed by atoms with Gasteiger partial charge in [-0.05, 0) is 24.8 Å². The summed E-state index contributed by atoms with van der Waals surface area (Å²) >= 11 is 0. The molecule has 1 atom stereocenters. The first kappa shape index (κ1) is 12.6. The zero-order valence-electron chi connectivity index (χ0n) is 10.4. The highest BCUT2D eigenvalue weighted by atomic mass is 16.4. The fraction of sp³-hybridized carbons (Fsp3) is 0.583. The van der Waals surface area contributed by atoms with Gasteiger partial charge in [-0.2, -0.15) is 5.10 Å². The molecule has 0 saturated carbocycles. The Hall–Kier alpha value is -1.85. The Balaban J connectivity index is 1.95. The highest BCUT2D eigenvalue weighted by Gasteiger charge is 2.21. The Morgan fingerprint density at radius 3 is 2.94 bits per heavy atom. The lowest BCUT2D eigenvalue weighted by Gasteiger charge is -2.30. The normalized spacial score (nSPS) is 19.8. The van der Waals surface area contributed by atoms with Crippen molar-refractivity contribution in [2.45, 2.75) is 26.3 Å². The van der Waals surface area contributed by atoms with Gasteiger partial charge < -0.3 is 10.0 Å². The molecular formula is C12H17N3O3. The van der Waals surface area contributed by atoms with Gasteiger partial charge in [0.15, 0.2) is 5.69 Å². The lowest BCUT2D eigenvalue weighted by atomic mass is 10.0. The Morgan fingerprint density at radius 2 is 2.33 bits per heavy atom. The summed E-state index contributed by atoms with van der Waals surface area (Å²) in [6.07, 6.45) is 3.72. The number of hydrogen-bond acceptors (Lipinski definition) is 3. The number of carboxylic acid groups (broad SMARTS) is 1. The summed E-state index contributed by atoms with van der Waals surface area (Å²) in [5.74, 6) is -0.538. The second kappa shape index (κ2) is 5.20. The molecule has 0 bridgehead atoms. The third kappa shape index (κ3) is 2.88. The van der Waals surface area contributed by atoms with Gasteiger partial charge in [0.25, 0.3) is 0 Å². The minimum absolute atomic E-state index is 0.00147. The predicted octanol–water partition coefficient (Wildman–Crippen LogP) is 0.840. The molecule has 1 amide bonds. The average molecular weight is 251 g/mol. The van der Waals surface area contributed by atoms with Gasteiger partial charge in [0.05, 0.1) is 0 Å². The molecule has 0 radical (unpaired) electrons. The van der Waals surface area contributed by atoms with E-state index in [1.54, 1.807) is 0 Å². The number of amides is 1. The first-order valence-electron chi connectivity index (χ1n) is 6.11. The van der Waals surface area contributed by atoms with Gasteiger partial charge in [-0.3, -0.25) is 9.48 Å². The van der Waals surface area contributed by atoms with Crippen molar-refractivity contribution >= 4 is 11.9 Å². The molecule has 0 spiro atoms. The molecule has 18 heavy (non-hydrogen) atoms. The van der Waals surface area contributed by atoms with Crippen LogP contribution in [0.5, 0.6) is 0 Å². The molecule has 1 saturated heterocycles. The second-order valence-corrected chi connectivity index (χ2v) is 4.79. The van der Waals surface area contributed by atoms with Crippen molar-refractivity contribution in [3.63, 3.8) is 0 Å². The van der Waals surface area contributed by atoms with E-state index in [9.17, 15) is 9.59 Å². The fourth-order valence-electron chi connectivity index (χ4n) is 2.22. The highest BCUT2D eigenvalue weighted by Crippen LogP contribution is 2.15. The van der Waals surface area contributed by atoms with E-state index in [2.05, 4.69) is 12.0 Å². The number of carbonyl (C=O) groups is 2. The standard InChI is InChI=1S/C12H17N3O3/c1-9-3-2-5-14(7-9)11(16)8-15-6-4-10(13-15)12(17)18/h4,6,9H,2-3,5,7-8H2,1H3,(H,17,18). The number of hydrogen-bond donors (Lipinski definition) is 1. The van der Waals surface area contributed by atoms with Crippen molar-refractivity contribution in [3.8, 4) is 0 Å². The molecule has 1 aliphatic rings. The van der Waals surface area contributed by atoms with Crippen LogP contribution in [0.4, 0.5) is 0 Å². The zero-order chi connectivity index (χ0) is 13.1. The van der Waals surface area contributed by atoms with Crippen LogP contribution >= 0.6 is 0 Å². The van der Waals surface area contributed by atoms with Crippen LogP contribution in [-0.2, 0) is 11.3 Å². The van der Waals surface area contributed by atoms with E-state index >= 15 is 0 Å². The Bertz CT molecular complexity index is 455. The van der Waals surface area contributed by atoms with Gasteiger partial charge in [-0.25, -0.2) is 4.79 Å². The minimum atomic E-state index is -1.08. The van der Waals surface area contributed by atoms with Crippen molar-refractivity contribution in [2.24, 2.45) is 5.92 Å². The number of aromatic carboxylic acids is 1. The van der Waals surface area contributed by atoms with Gasteiger partial charge in [0.2, 0.25) is 5.91 Å². The molecule has 6 nitrogen and oxygen atoms in total. The van der Waals surface area contributed by atoms with E-state index in [4.69, 9.17) is 5.11 Å². The first-order chi connectivity index (χ1) is 8.56. The Morgan fingerprint density at radius 1 is 1.56 bits per heavy atom. The number of rotatable bonds is 3. The molecule has 1 aromatic rings. The molecule has 1 aliphatic heterocycles. The van der Waals surface area contributed by atoms with Crippen LogP contribution in [0.2, 0.25) is 0 Å². The topological polar surface area (TPSA) is 75.4 Å². The van der Waals surface area contributed by atoms with E-state index in [0.29, 0.717) is 5.92 Å². The number of likely N-dealkylation sites (tertiary alicyclic amines) is 1. The second-order valence-electron chi connectivity index (χ2n) is 4.79. The van der Waals surface area contributed by atoms with E-state index in [1.807, 2.05) is 4.90 Å². The average Bonchev–Trinajstić information content (AvgIpc) is 2.77. The van der Waals surface area contributed by atoms with E-state index in [-0.39, 0.29) is 18.1 Å². The van der Waals surface area contributed by atoms with Crippen LogP contribution in [0.15, 0.2) is 12.3 Å². The van der Waals surface area contributed by atoms with Crippen LogP contribution in [0, 0.1) is 5.92 Å². The van der Waals surface area contributed by atoms with Gasteiger partial charge in [-0.1, -0.05) is 6.92 Å². The lowest BCUT2D eigenvalue weighted by Crippen LogP contribution is -2.40. The van der Waals surface area contributed by atoms with Crippen molar-refractivity contribution in [1.29, 1.82) is 0 Å². The summed E-state index contributed by atoms with van der Waals surface area (Å²) in [5.41, 5.74) is -0.0326. The maximum atomic E-state index is 12.0. The van der Waals surface area contributed by atoms with Crippen molar-refractivity contribution in [2.75, 3.05) is 13.1 Å². The highest BCUT2D eigenvalue weighted by molar-refractivity contribution is 5.85. The van der Waals surface area contributed by atoms with Crippen LogP contribution in [0.25, 0.3) is 0 Å². The summed E-state index contributed by atoms with van der Waals surface area (Å²) in [5, 5.41) is 12.6. The molecule has 1 N–H and O–H groups in total. The monoisotopic (exact) mass is 251 g/mol. The van der Waals surface area contributed by atoms with Gasteiger partial charge in [0, 0.05) is 19.3 Å². The van der Waals surface area contributed by atoms with Crippen molar-refractivity contribution < 1.29 is 14.7 Å². The number of piperidine rings is 1. The summed E-state index contributed by atoms with van der Waals surface area (Å²) in [6, 6.07) is 1.40. The van der Waals surface area contributed by atoms with E-state index in [0.717, 1.165) is 25.9 Å². The summed E-state index contributed by atoms with van der Waals surface area (Å²) in [7, 11) is 0. The third-order valence-corrected chi connectivity index (χ3v) is 3.17. The van der Waals surface area contributed by atoms with E-state index in [1.165, 1.54) is 16.9 Å². The van der Waals surface area contributed by atoms with Crippen LogP contribution in [-0.4, -0.2) is 44.8 Å². The summed E-state index contributed by atoms with van der Waals surface area (Å²) in [6.45, 7) is 3.82. The minimum Gasteiger partial charge on any atom is -0.476 e. The molecule has 1 fully saturated rings. The van der Waals surface area contributed by atoms with Crippen LogP contribution < -0.4 is 0 Å². The fourth-order valence-corrected chi connectivity index (χ4v) is 2.22. The Labute approximate surface area is 105 Å². The number of nitrogens with zero attached hydrogens (tertiary/aromatic N) is 3. The molecule has 1 aromatic heterocycles. The van der Waals surface area contributed by atoms with Gasteiger partial charge >= 0.3 is 5.97 Å². The molecule has 6 heteroatoms. The Kier molecular flexibility index (Phi) is 3.64.